The van der Waals surface area contributed by atoms with Crippen LogP contribution in [-0.2, 0) is 6.42 Å². The van der Waals surface area contributed by atoms with Gasteiger partial charge in [0, 0.05) is 0 Å². The molecule has 1 unspecified atom stereocenters. The highest BCUT2D eigenvalue weighted by molar-refractivity contribution is 5.30. The Morgan fingerprint density at radius 3 is 2.67 bits per heavy atom. The van der Waals surface area contributed by atoms with Gasteiger partial charge in [0.25, 0.3) is 0 Å². The molecule has 1 heteroatoms. The third kappa shape index (κ3) is 3.88. The molecule has 0 aliphatic heterocycles. The van der Waals surface area contributed by atoms with Crippen molar-refractivity contribution in [3.8, 4) is 0 Å². The summed E-state index contributed by atoms with van der Waals surface area (Å²) in [4.78, 5) is 0. The molecule has 1 rings (SSSR count). The molecule has 1 aromatic rings. The monoisotopic (exact) mass is 204 g/mol. The predicted molar refractivity (Wildman–Crippen MR) is 65.1 cm³/mol. The van der Waals surface area contributed by atoms with Gasteiger partial charge in [-0.1, -0.05) is 24.3 Å². The highest BCUT2D eigenvalue weighted by Crippen LogP contribution is 2.13. The molecular weight excluding hydrogens is 184 g/mol. The summed E-state index contributed by atoms with van der Waals surface area (Å²) < 4.78 is 0. The zero-order valence-electron chi connectivity index (χ0n) is 9.66. The molecule has 0 radical (unpaired) electrons. The Hall–Kier alpha value is -1.08. The Morgan fingerprint density at radius 2 is 2.07 bits per heavy atom. The highest BCUT2D eigenvalue weighted by atomic mass is 16.3. The molecule has 0 aliphatic rings. The van der Waals surface area contributed by atoms with Crippen LogP contribution in [0.1, 0.15) is 29.5 Å². The molecule has 1 N–H and O–H groups in total. The van der Waals surface area contributed by atoms with Crippen LogP contribution in [0.4, 0.5) is 0 Å². The minimum atomic E-state index is -0.245. The van der Waals surface area contributed by atoms with Gasteiger partial charge in [-0.2, -0.15) is 0 Å². The molecule has 0 aliphatic carbocycles. The van der Waals surface area contributed by atoms with E-state index >= 15 is 0 Å². The zero-order chi connectivity index (χ0) is 11.3. The van der Waals surface area contributed by atoms with Gasteiger partial charge in [-0.05, 0) is 49.8 Å². The van der Waals surface area contributed by atoms with E-state index in [1.165, 1.54) is 16.7 Å². The smallest absolute Gasteiger partial charge is 0.0583 e. The summed E-state index contributed by atoms with van der Waals surface area (Å²) in [6.07, 6.45) is 4.03. The van der Waals surface area contributed by atoms with E-state index in [-0.39, 0.29) is 6.10 Å². The lowest BCUT2D eigenvalue weighted by molar-refractivity contribution is 0.166. The van der Waals surface area contributed by atoms with Gasteiger partial charge in [0.1, 0.15) is 0 Å². The van der Waals surface area contributed by atoms with E-state index in [1.54, 1.807) is 0 Å². The van der Waals surface area contributed by atoms with Crippen molar-refractivity contribution in [3.05, 3.63) is 47.5 Å². The fraction of sp³-hybridized carbons (Fsp3) is 0.429. The lowest BCUT2D eigenvalue weighted by atomic mass is 10.0. The predicted octanol–water partition coefficient (Wildman–Crippen LogP) is 3.17. The Balaban J connectivity index is 2.56. The second-order valence-electron chi connectivity index (χ2n) is 4.14. The Labute approximate surface area is 92.5 Å². The molecule has 1 atom stereocenters. The number of hydrogen-bond acceptors (Lipinski definition) is 1. The van der Waals surface area contributed by atoms with Crippen LogP contribution in [0.3, 0.4) is 0 Å². The van der Waals surface area contributed by atoms with Crippen LogP contribution < -0.4 is 0 Å². The molecule has 0 bridgehead atoms. The number of aliphatic hydroxyl groups excluding tert-OH is 1. The fourth-order valence-electron chi connectivity index (χ4n) is 1.61. The summed E-state index contributed by atoms with van der Waals surface area (Å²) in [7, 11) is 0. The van der Waals surface area contributed by atoms with Crippen molar-refractivity contribution in [1.29, 1.82) is 0 Å². The largest absolute Gasteiger partial charge is 0.393 e. The van der Waals surface area contributed by atoms with Crippen LogP contribution in [0.25, 0.3) is 0 Å². The molecule has 0 fully saturated rings. The molecule has 82 valence electrons. The topological polar surface area (TPSA) is 20.2 Å². The van der Waals surface area contributed by atoms with Crippen molar-refractivity contribution < 1.29 is 5.11 Å². The molecule has 0 saturated heterocycles. The molecule has 1 aromatic carbocycles. The standard InChI is InChI=1S/C14H20O/c1-4-5-6-14(15)10-13-8-7-11(2)12(3)9-13/h4,7-9,14-15H,1,5-6,10H2,2-3H3. The first-order valence-corrected chi connectivity index (χ1v) is 5.48. The third-order valence-corrected chi connectivity index (χ3v) is 2.75. The molecule has 15 heavy (non-hydrogen) atoms. The van der Waals surface area contributed by atoms with Crippen LogP contribution >= 0.6 is 0 Å². The van der Waals surface area contributed by atoms with Gasteiger partial charge in [-0.15, -0.1) is 6.58 Å². The first kappa shape index (κ1) is 12.0. The summed E-state index contributed by atoms with van der Waals surface area (Å²) >= 11 is 0. The summed E-state index contributed by atoms with van der Waals surface area (Å²) in [6, 6.07) is 6.37. The Morgan fingerprint density at radius 1 is 1.33 bits per heavy atom. The maximum Gasteiger partial charge on any atom is 0.0583 e. The second kappa shape index (κ2) is 5.72. The first-order chi connectivity index (χ1) is 7.13. The van der Waals surface area contributed by atoms with E-state index in [0.29, 0.717) is 0 Å². The zero-order valence-corrected chi connectivity index (χ0v) is 9.66. The quantitative estimate of drug-likeness (QED) is 0.730. The number of aryl methyl sites for hydroxylation is 2. The van der Waals surface area contributed by atoms with Gasteiger partial charge in [0.2, 0.25) is 0 Å². The fourth-order valence-corrected chi connectivity index (χ4v) is 1.61. The highest BCUT2D eigenvalue weighted by Gasteiger charge is 2.05. The summed E-state index contributed by atoms with van der Waals surface area (Å²) in [5.74, 6) is 0. The number of rotatable bonds is 5. The average Bonchev–Trinajstić information content (AvgIpc) is 2.20. The van der Waals surface area contributed by atoms with E-state index in [1.807, 2.05) is 6.08 Å². The number of allylic oxidation sites excluding steroid dienone is 1. The van der Waals surface area contributed by atoms with Crippen molar-refractivity contribution in [3.63, 3.8) is 0 Å². The van der Waals surface area contributed by atoms with Crippen LogP contribution in [0.5, 0.6) is 0 Å². The van der Waals surface area contributed by atoms with Crippen molar-refractivity contribution in [1.82, 2.24) is 0 Å². The van der Waals surface area contributed by atoms with E-state index in [0.717, 1.165) is 19.3 Å². The van der Waals surface area contributed by atoms with Gasteiger partial charge in [0.05, 0.1) is 6.10 Å². The van der Waals surface area contributed by atoms with Crippen molar-refractivity contribution >= 4 is 0 Å². The lowest BCUT2D eigenvalue weighted by Crippen LogP contribution is -2.09. The first-order valence-electron chi connectivity index (χ1n) is 5.48. The van der Waals surface area contributed by atoms with Gasteiger partial charge in [-0.3, -0.25) is 0 Å². The molecule has 0 saturated carbocycles. The van der Waals surface area contributed by atoms with Gasteiger partial charge < -0.3 is 5.11 Å². The maximum atomic E-state index is 9.75. The number of hydrogen-bond donors (Lipinski definition) is 1. The molecule has 0 amide bonds. The average molecular weight is 204 g/mol. The van der Waals surface area contributed by atoms with Gasteiger partial charge in [-0.25, -0.2) is 0 Å². The summed E-state index contributed by atoms with van der Waals surface area (Å²) in [5.41, 5.74) is 3.82. The molecular formula is C14H20O. The van der Waals surface area contributed by atoms with E-state index in [4.69, 9.17) is 0 Å². The molecule has 0 heterocycles. The second-order valence-corrected chi connectivity index (χ2v) is 4.14. The van der Waals surface area contributed by atoms with Crippen molar-refractivity contribution in [2.45, 2.75) is 39.2 Å². The summed E-state index contributed by atoms with van der Waals surface area (Å²) in [6.45, 7) is 7.86. The summed E-state index contributed by atoms with van der Waals surface area (Å²) in [5, 5.41) is 9.75. The third-order valence-electron chi connectivity index (χ3n) is 2.75. The molecule has 0 aromatic heterocycles. The molecule has 1 nitrogen and oxygen atoms in total. The van der Waals surface area contributed by atoms with Gasteiger partial charge in [0.15, 0.2) is 0 Å². The van der Waals surface area contributed by atoms with E-state index in [9.17, 15) is 5.11 Å². The number of benzene rings is 1. The number of aliphatic hydroxyl groups is 1. The van der Waals surface area contributed by atoms with Crippen LogP contribution in [-0.4, -0.2) is 11.2 Å². The van der Waals surface area contributed by atoms with Crippen LogP contribution in [0.15, 0.2) is 30.9 Å². The maximum absolute atomic E-state index is 9.75. The minimum Gasteiger partial charge on any atom is -0.393 e. The van der Waals surface area contributed by atoms with Crippen molar-refractivity contribution in [2.75, 3.05) is 0 Å². The van der Waals surface area contributed by atoms with E-state index in [2.05, 4.69) is 38.6 Å². The Kier molecular flexibility index (Phi) is 4.57. The van der Waals surface area contributed by atoms with E-state index < -0.39 is 0 Å². The minimum absolute atomic E-state index is 0.245. The molecule has 0 spiro atoms. The SMILES string of the molecule is C=CCCC(O)Cc1ccc(C)c(C)c1. The van der Waals surface area contributed by atoms with Gasteiger partial charge >= 0.3 is 0 Å². The normalized spacial score (nSPS) is 12.5. The van der Waals surface area contributed by atoms with Crippen LogP contribution in [0.2, 0.25) is 0 Å². The Bertz CT molecular complexity index is 328. The lowest BCUT2D eigenvalue weighted by Gasteiger charge is -2.10. The van der Waals surface area contributed by atoms with Crippen molar-refractivity contribution in [2.24, 2.45) is 0 Å². The van der Waals surface area contributed by atoms with Crippen LogP contribution in [0, 0.1) is 13.8 Å².